The van der Waals surface area contributed by atoms with Crippen molar-refractivity contribution in [3.05, 3.63) is 24.8 Å². The molecule has 0 atom stereocenters. The number of rotatable bonds is 4. The number of hydrogen-bond donors (Lipinski definition) is 0. The maximum Gasteiger partial charge on any atom is 1.00 e. The van der Waals surface area contributed by atoms with E-state index in [9.17, 15) is 0 Å². The summed E-state index contributed by atoms with van der Waals surface area (Å²) in [7, 11) is 0. The summed E-state index contributed by atoms with van der Waals surface area (Å²) in [6.45, 7) is 5.77. The fourth-order valence-corrected chi connectivity index (χ4v) is 0.514. The van der Waals surface area contributed by atoms with Crippen LogP contribution in [0.5, 0.6) is 0 Å². The lowest BCUT2D eigenvalue weighted by Crippen LogP contribution is -1.64. The highest BCUT2D eigenvalue weighted by Gasteiger charge is 1.73. The van der Waals surface area contributed by atoms with Crippen LogP contribution in [0, 0.1) is 0 Å². The molecular weight excluding hydrogens is 96.1 g/mol. The average molecular weight is 111 g/mol. The Bertz CT molecular complexity index is 74.6. The van der Waals surface area contributed by atoms with Crippen molar-refractivity contribution in [2.75, 3.05) is 0 Å². The molecule has 0 amide bonds. The van der Waals surface area contributed by atoms with Crippen LogP contribution in [0.3, 0.4) is 0 Å². The van der Waals surface area contributed by atoms with E-state index in [1.54, 1.807) is 0 Å². The van der Waals surface area contributed by atoms with Crippen LogP contribution in [0.15, 0.2) is 24.8 Å². The third-order valence-electron chi connectivity index (χ3n) is 0.997. The minimum Gasteiger partial charge on any atom is -0.0991 e. The van der Waals surface area contributed by atoms with Crippen molar-refractivity contribution >= 4 is 0 Å². The Kier molecular flexibility index (Phi) is 6.06. The summed E-state index contributed by atoms with van der Waals surface area (Å²) in [5.41, 5.74) is 0. The molecule has 0 heterocycles. The van der Waals surface area contributed by atoms with E-state index in [0.29, 0.717) is 0 Å². The largest absolute Gasteiger partial charge is 1.00 e. The summed E-state index contributed by atoms with van der Waals surface area (Å²) in [5, 5.41) is 0. The third-order valence-corrected chi connectivity index (χ3v) is 0.997. The topological polar surface area (TPSA) is 0 Å². The normalized spacial score (nSPS) is 10.1. The summed E-state index contributed by atoms with van der Waals surface area (Å²) in [4.78, 5) is 0. The zero-order chi connectivity index (χ0) is 6.24. The molecule has 0 nitrogen and oxygen atoms in total. The van der Waals surface area contributed by atoms with Crippen molar-refractivity contribution in [3.8, 4) is 0 Å². The van der Waals surface area contributed by atoms with Gasteiger partial charge in [-0.15, -0.1) is 0 Å². The molecule has 0 saturated carbocycles. The number of unbranched alkanes of at least 4 members (excludes halogenated alkanes) is 2. The molecule has 8 heavy (non-hydrogen) atoms. The molecule has 0 N–H and O–H groups in total. The highest BCUT2D eigenvalue weighted by Crippen LogP contribution is 1.93. The summed E-state index contributed by atoms with van der Waals surface area (Å²) in [5.74, 6) is 0. The third kappa shape index (κ3) is 5.48. The van der Waals surface area contributed by atoms with Crippen LogP contribution in [0.25, 0.3) is 0 Å². The van der Waals surface area contributed by atoms with Crippen molar-refractivity contribution < 1.29 is 1.43 Å². The lowest BCUT2D eigenvalue weighted by Gasteiger charge is -1.84. The van der Waals surface area contributed by atoms with E-state index in [1.807, 2.05) is 12.2 Å². The van der Waals surface area contributed by atoms with Crippen molar-refractivity contribution in [3.63, 3.8) is 0 Å². The molecule has 0 rings (SSSR count). The lowest BCUT2D eigenvalue weighted by atomic mass is 10.2. The van der Waals surface area contributed by atoms with Gasteiger partial charge in [0.2, 0.25) is 0 Å². The van der Waals surface area contributed by atoms with Gasteiger partial charge in [0, 0.05) is 0 Å². The Morgan fingerprint density at radius 3 is 2.88 bits per heavy atom. The van der Waals surface area contributed by atoms with E-state index in [4.69, 9.17) is 0 Å². The standard InChI is InChI=1S/C8H14/c1-3-5-7-8-6-4-2/h3,5,7H,1,4,6,8H2,2H3/p+1/b7-5+. The predicted molar refractivity (Wildman–Crippen MR) is 40.0 cm³/mol. The van der Waals surface area contributed by atoms with Crippen molar-refractivity contribution in [1.29, 1.82) is 0 Å². The Morgan fingerprint density at radius 1 is 1.62 bits per heavy atom. The van der Waals surface area contributed by atoms with Gasteiger partial charge in [0.25, 0.3) is 0 Å². The Morgan fingerprint density at radius 2 is 2.38 bits per heavy atom. The number of hydrogen-bond acceptors (Lipinski definition) is 0. The molecule has 0 aliphatic rings. The highest BCUT2D eigenvalue weighted by molar-refractivity contribution is 4.96. The van der Waals surface area contributed by atoms with Gasteiger partial charge >= 0.3 is 1.43 Å². The predicted octanol–water partition coefficient (Wildman–Crippen LogP) is 3.03. The molecule has 0 radical (unpaired) electrons. The van der Waals surface area contributed by atoms with Gasteiger partial charge in [0.1, 0.15) is 0 Å². The molecule has 0 fully saturated rings. The van der Waals surface area contributed by atoms with Gasteiger partial charge < -0.3 is 0 Å². The van der Waals surface area contributed by atoms with Gasteiger partial charge in [-0.1, -0.05) is 44.6 Å². The molecule has 0 aromatic rings. The van der Waals surface area contributed by atoms with E-state index < -0.39 is 0 Å². The molecule has 0 spiro atoms. The van der Waals surface area contributed by atoms with E-state index in [2.05, 4.69) is 19.6 Å². The van der Waals surface area contributed by atoms with Gasteiger partial charge in [-0.05, 0) is 6.42 Å². The molecule has 0 saturated heterocycles. The second kappa shape index (κ2) is 6.48. The van der Waals surface area contributed by atoms with E-state index in [0.717, 1.165) is 0 Å². The van der Waals surface area contributed by atoms with Crippen molar-refractivity contribution in [2.45, 2.75) is 26.2 Å². The van der Waals surface area contributed by atoms with Crippen LogP contribution in [0.1, 0.15) is 27.6 Å². The van der Waals surface area contributed by atoms with Gasteiger partial charge in [-0.2, -0.15) is 0 Å². The molecule has 0 aliphatic carbocycles. The maximum absolute atomic E-state index is 3.57. The second-order valence-corrected chi connectivity index (χ2v) is 1.81. The summed E-state index contributed by atoms with van der Waals surface area (Å²) in [6.07, 6.45) is 9.73. The van der Waals surface area contributed by atoms with Crippen LogP contribution in [-0.4, -0.2) is 0 Å². The zero-order valence-electron chi connectivity index (χ0n) is 6.56. The fourth-order valence-electron chi connectivity index (χ4n) is 0.514. The minimum atomic E-state index is 0. The molecule has 0 bridgehead atoms. The summed E-state index contributed by atoms with van der Waals surface area (Å²) >= 11 is 0. The first-order valence-electron chi connectivity index (χ1n) is 3.19. The SMILES string of the molecule is C=C/C=C/CCCC.[H+]. The van der Waals surface area contributed by atoms with Gasteiger partial charge in [0.15, 0.2) is 0 Å². The zero-order valence-corrected chi connectivity index (χ0v) is 5.56. The van der Waals surface area contributed by atoms with Crippen molar-refractivity contribution in [1.82, 2.24) is 0 Å². The van der Waals surface area contributed by atoms with E-state index in [-0.39, 0.29) is 1.43 Å². The van der Waals surface area contributed by atoms with Crippen LogP contribution in [-0.2, 0) is 0 Å². The smallest absolute Gasteiger partial charge is 0.0991 e. The Balaban J connectivity index is 0. The first-order valence-corrected chi connectivity index (χ1v) is 3.19. The van der Waals surface area contributed by atoms with Gasteiger partial charge in [-0.25, -0.2) is 0 Å². The monoisotopic (exact) mass is 111 g/mol. The Labute approximate surface area is 53.4 Å². The number of allylic oxidation sites excluding steroid dienone is 3. The first-order chi connectivity index (χ1) is 3.91. The highest BCUT2D eigenvalue weighted by atomic mass is 13.8. The first kappa shape index (κ1) is 7.48. The van der Waals surface area contributed by atoms with Gasteiger partial charge in [0.05, 0.1) is 0 Å². The average Bonchev–Trinajstić information content (AvgIpc) is 1.81. The fraction of sp³-hybridized carbons (Fsp3) is 0.500. The van der Waals surface area contributed by atoms with Crippen LogP contribution in [0.2, 0.25) is 0 Å². The molecule has 0 aromatic heterocycles. The molecule has 0 unspecified atom stereocenters. The van der Waals surface area contributed by atoms with Gasteiger partial charge in [-0.3, -0.25) is 0 Å². The molecular formula is C8H15+. The maximum atomic E-state index is 3.57. The summed E-state index contributed by atoms with van der Waals surface area (Å²) < 4.78 is 0. The van der Waals surface area contributed by atoms with E-state index in [1.165, 1.54) is 19.3 Å². The van der Waals surface area contributed by atoms with Crippen LogP contribution < -0.4 is 0 Å². The van der Waals surface area contributed by atoms with E-state index >= 15 is 0 Å². The summed E-state index contributed by atoms with van der Waals surface area (Å²) in [6, 6.07) is 0. The van der Waals surface area contributed by atoms with Crippen molar-refractivity contribution in [2.24, 2.45) is 0 Å². The van der Waals surface area contributed by atoms with Crippen LogP contribution >= 0.6 is 0 Å². The minimum absolute atomic E-state index is 0. The molecule has 0 heteroatoms. The molecule has 46 valence electrons. The molecule has 0 aliphatic heterocycles. The lowest BCUT2D eigenvalue weighted by molar-refractivity contribution is 0.815. The van der Waals surface area contributed by atoms with Crippen LogP contribution in [0.4, 0.5) is 0 Å². The Hall–Kier alpha value is -0.520. The quantitative estimate of drug-likeness (QED) is 0.386. The second-order valence-electron chi connectivity index (χ2n) is 1.81. The molecule has 0 aromatic carbocycles.